The SMILES string of the molecule is C[C@H](NC(=O)[C@@H]1C[C@H]1c1ccccc1)[C@H]1C[C@H]2CC[C@H]1C2. The fourth-order valence-electron chi connectivity index (χ4n) is 4.90. The molecule has 2 nitrogen and oxygen atoms in total. The number of carbonyl (C=O) groups is 1. The lowest BCUT2D eigenvalue weighted by atomic mass is 9.84. The zero-order valence-electron chi connectivity index (χ0n) is 12.8. The first-order chi connectivity index (χ1) is 10.2. The fraction of sp³-hybridized carbons (Fsp3) is 0.632. The van der Waals surface area contributed by atoms with Gasteiger partial charge in [-0.05, 0) is 61.8 Å². The zero-order chi connectivity index (χ0) is 14.4. The van der Waals surface area contributed by atoms with Crippen LogP contribution in [0.3, 0.4) is 0 Å². The van der Waals surface area contributed by atoms with Gasteiger partial charge in [0, 0.05) is 12.0 Å². The van der Waals surface area contributed by atoms with Crippen LogP contribution in [0.4, 0.5) is 0 Å². The van der Waals surface area contributed by atoms with Gasteiger partial charge >= 0.3 is 0 Å². The van der Waals surface area contributed by atoms with Gasteiger partial charge in [-0.15, -0.1) is 0 Å². The van der Waals surface area contributed by atoms with E-state index in [1.54, 1.807) is 0 Å². The van der Waals surface area contributed by atoms with E-state index in [4.69, 9.17) is 0 Å². The second-order valence-electron chi connectivity index (χ2n) is 7.50. The summed E-state index contributed by atoms with van der Waals surface area (Å²) in [6.07, 6.45) is 6.62. The van der Waals surface area contributed by atoms with Crippen molar-refractivity contribution in [3.8, 4) is 0 Å². The Kier molecular flexibility index (Phi) is 3.28. The summed E-state index contributed by atoms with van der Waals surface area (Å²) >= 11 is 0. The Morgan fingerprint density at radius 1 is 1.14 bits per heavy atom. The van der Waals surface area contributed by atoms with E-state index >= 15 is 0 Å². The summed E-state index contributed by atoms with van der Waals surface area (Å²) < 4.78 is 0. The highest BCUT2D eigenvalue weighted by molar-refractivity contribution is 5.83. The summed E-state index contributed by atoms with van der Waals surface area (Å²) in [4.78, 5) is 12.5. The van der Waals surface area contributed by atoms with Crippen molar-refractivity contribution >= 4 is 5.91 Å². The molecule has 3 saturated carbocycles. The van der Waals surface area contributed by atoms with Gasteiger partial charge in [0.1, 0.15) is 0 Å². The molecule has 0 unspecified atom stereocenters. The van der Waals surface area contributed by atoms with Crippen molar-refractivity contribution in [2.75, 3.05) is 0 Å². The molecule has 4 rings (SSSR count). The molecule has 0 saturated heterocycles. The van der Waals surface area contributed by atoms with Crippen LogP contribution in [0.5, 0.6) is 0 Å². The van der Waals surface area contributed by atoms with Crippen LogP contribution in [0, 0.1) is 23.7 Å². The fourth-order valence-corrected chi connectivity index (χ4v) is 4.90. The summed E-state index contributed by atoms with van der Waals surface area (Å²) in [7, 11) is 0. The molecule has 0 radical (unpaired) electrons. The maximum Gasteiger partial charge on any atom is 0.223 e. The van der Waals surface area contributed by atoms with Crippen molar-refractivity contribution < 1.29 is 4.79 Å². The summed E-state index contributed by atoms with van der Waals surface area (Å²) in [5.41, 5.74) is 1.32. The largest absolute Gasteiger partial charge is 0.353 e. The lowest BCUT2D eigenvalue weighted by molar-refractivity contribution is -0.123. The Morgan fingerprint density at radius 3 is 2.62 bits per heavy atom. The van der Waals surface area contributed by atoms with Crippen molar-refractivity contribution in [3.05, 3.63) is 35.9 Å². The molecule has 3 fully saturated rings. The number of carbonyl (C=O) groups excluding carboxylic acids is 1. The van der Waals surface area contributed by atoms with Gasteiger partial charge in [0.25, 0.3) is 0 Å². The van der Waals surface area contributed by atoms with Gasteiger partial charge in [-0.2, -0.15) is 0 Å². The minimum atomic E-state index is 0.216. The van der Waals surface area contributed by atoms with Gasteiger partial charge in [-0.3, -0.25) is 4.79 Å². The van der Waals surface area contributed by atoms with E-state index < -0.39 is 0 Å². The Bertz CT molecular complexity index is 526. The van der Waals surface area contributed by atoms with Crippen LogP contribution in [-0.4, -0.2) is 11.9 Å². The molecule has 112 valence electrons. The number of rotatable bonds is 4. The second kappa shape index (κ2) is 5.15. The molecule has 3 aliphatic rings. The molecule has 2 heteroatoms. The van der Waals surface area contributed by atoms with Crippen LogP contribution < -0.4 is 5.32 Å². The molecule has 21 heavy (non-hydrogen) atoms. The van der Waals surface area contributed by atoms with Crippen LogP contribution >= 0.6 is 0 Å². The monoisotopic (exact) mass is 283 g/mol. The van der Waals surface area contributed by atoms with E-state index in [0.717, 1.165) is 24.2 Å². The number of fused-ring (bicyclic) bond motifs is 2. The molecular formula is C19H25NO. The Hall–Kier alpha value is -1.31. The minimum Gasteiger partial charge on any atom is -0.353 e. The minimum absolute atomic E-state index is 0.216. The van der Waals surface area contributed by atoms with E-state index in [1.807, 2.05) is 6.07 Å². The molecule has 2 bridgehead atoms. The van der Waals surface area contributed by atoms with Gasteiger partial charge < -0.3 is 5.32 Å². The topological polar surface area (TPSA) is 29.1 Å². The van der Waals surface area contributed by atoms with Crippen LogP contribution in [0.2, 0.25) is 0 Å². The summed E-state index contributed by atoms with van der Waals surface area (Å²) in [5, 5.41) is 3.33. The third-order valence-corrected chi connectivity index (χ3v) is 6.16. The normalized spacial score (nSPS) is 38.2. The van der Waals surface area contributed by atoms with Crippen molar-refractivity contribution in [2.24, 2.45) is 23.7 Å². The number of amides is 1. The van der Waals surface area contributed by atoms with Crippen LogP contribution in [0.1, 0.15) is 50.5 Å². The zero-order valence-corrected chi connectivity index (χ0v) is 12.8. The number of hydrogen-bond acceptors (Lipinski definition) is 1. The van der Waals surface area contributed by atoms with Gasteiger partial charge in [0.15, 0.2) is 0 Å². The lowest BCUT2D eigenvalue weighted by Crippen LogP contribution is -2.41. The molecule has 3 aliphatic carbocycles. The summed E-state index contributed by atoms with van der Waals surface area (Å²) in [5.74, 6) is 3.54. The molecular weight excluding hydrogens is 258 g/mol. The molecule has 0 aromatic heterocycles. The highest BCUT2D eigenvalue weighted by atomic mass is 16.2. The second-order valence-corrected chi connectivity index (χ2v) is 7.50. The van der Waals surface area contributed by atoms with Gasteiger partial charge in [-0.1, -0.05) is 36.8 Å². The molecule has 0 aliphatic heterocycles. The lowest BCUT2D eigenvalue weighted by Gasteiger charge is -2.28. The Labute approximate surface area is 127 Å². The molecule has 6 atom stereocenters. The third kappa shape index (κ3) is 2.49. The van der Waals surface area contributed by atoms with Crippen molar-refractivity contribution in [3.63, 3.8) is 0 Å². The van der Waals surface area contributed by atoms with Crippen molar-refractivity contribution in [1.29, 1.82) is 0 Å². The van der Waals surface area contributed by atoms with E-state index in [0.29, 0.717) is 17.9 Å². The van der Waals surface area contributed by atoms with Crippen LogP contribution in [0.15, 0.2) is 30.3 Å². The number of nitrogens with one attached hydrogen (secondary N) is 1. The standard InChI is InChI=1S/C19H25NO/c1-12(16-10-13-7-8-15(16)9-13)20-19(21)18-11-17(18)14-5-3-2-4-6-14/h2-6,12-13,15-18H,7-11H2,1H3,(H,20,21)/t12-,13-,15-,16+,17-,18+/m0/s1. The Morgan fingerprint density at radius 2 is 1.95 bits per heavy atom. The smallest absolute Gasteiger partial charge is 0.223 e. The van der Waals surface area contributed by atoms with E-state index in [9.17, 15) is 4.79 Å². The number of benzene rings is 1. The predicted octanol–water partition coefficient (Wildman–Crippen LogP) is 3.73. The van der Waals surface area contributed by atoms with Gasteiger partial charge in [0.05, 0.1) is 0 Å². The summed E-state index contributed by atoms with van der Waals surface area (Å²) in [6, 6.07) is 10.8. The molecule has 1 aromatic carbocycles. The van der Waals surface area contributed by atoms with E-state index in [2.05, 4.69) is 36.5 Å². The highest BCUT2D eigenvalue weighted by Gasteiger charge is 2.46. The van der Waals surface area contributed by atoms with Crippen LogP contribution in [-0.2, 0) is 4.79 Å². The first-order valence-corrected chi connectivity index (χ1v) is 8.57. The maximum absolute atomic E-state index is 12.5. The summed E-state index contributed by atoms with van der Waals surface area (Å²) in [6.45, 7) is 2.23. The Balaban J connectivity index is 1.33. The average Bonchev–Trinajstić information content (AvgIpc) is 3.03. The first-order valence-electron chi connectivity index (χ1n) is 8.57. The van der Waals surface area contributed by atoms with E-state index in [1.165, 1.54) is 31.2 Å². The first kappa shape index (κ1) is 13.4. The molecule has 1 N–H and O–H groups in total. The van der Waals surface area contributed by atoms with Crippen LogP contribution in [0.25, 0.3) is 0 Å². The van der Waals surface area contributed by atoms with Gasteiger partial charge in [0.2, 0.25) is 5.91 Å². The van der Waals surface area contributed by atoms with Crippen molar-refractivity contribution in [2.45, 2.75) is 51.0 Å². The average molecular weight is 283 g/mol. The molecule has 0 spiro atoms. The quantitative estimate of drug-likeness (QED) is 0.896. The highest BCUT2D eigenvalue weighted by Crippen LogP contribution is 2.50. The predicted molar refractivity (Wildman–Crippen MR) is 83.8 cm³/mol. The molecule has 0 heterocycles. The van der Waals surface area contributed by atoms with Gasteiger partial charge in [-0.25, -0.2) is 0 Å². The molecule has 1 aromatic rings. The third-order valence-electron chi connectivity index (χ3n) is 6.16. The number of hydrogen-bond donors (Lipinski definition) is 1. The van der Waals surface area contributed by atoms with Crippen molar-refractivity contribution in [1.82, 2.24) is 5.32 Å². The van der Waals surface area contributed by atoms with E-state index in [-0.39, 0.29) is 5.92 Å². The molecule has 1 amide bonds. The maximum atomic E-state index is 12.5.